The predicted molar refractivity (Wildman–Crippen MR) is 108 cm³/mol. The van der Waals surface area contributed by atoms with E-state index in [1.807, 2.05) is 62.4 Å². The molecule has 0 spiro atoms. The number of hydrogen-bond acceptors (Lipinski definition) is 4. The number of fused-ring (bicyclic) bond motifs is 1. The highest BCUT2D eigenvalue weighted by atomic mass is 16.5. The number of aromatic nitrogens is 1. The molecule has 0 aliphatic rings. The number of carbonyl (C=O) groups is 1. The Kier molecular flexibility index (Phi) is 5.71. The van der Waals surface area contributed by atoms with E-state index in [9.17, 15) is 4.79 Å². The van der Waals surface area contributed by atoms with Crippen molar-refractivity contribution in [2.24, 2.45) is 0 Å². The summed E-state index contributed by atoms with van der Waals surface area (Å²) in [5.41, 5.74) is 2.29. The third kappa shape index (κ3) is 4.64. The molecule has 0 fully saturated rings. The van der Waals surface area contributed by atoms with E-state index >= 15 is 0 Å². The van der Waals surface area contributed by atoms with Gasteiger partial charge in [0.2, 0.25) is 5.91 Å². The molecule has 27 heavy (non-hydrogen) atoms. The molecule has 1 aromatic heterocycles. The number of para-hydroxylation sites is 1. The Morgan fingerprint density at radius 2 is 1.93 bits per heavy atom. The van der Waals surface area contributed by atoms with E-state index in [1.165, 1.54) is 6.08 Å². The number of pyridine rings is 1. The molecule has 5 heteroatoms. The first-order valence-corrected chi connectivity index (χ1v) is 8.74. The standard InChI is InChI=1S/C22H22N2O3/c1-15(2)27-19-11-9-16(14-20(19)26-3)10-12-21(25)24-18-8-4-6-17-7-5-13-23-22(17)18/h4-15H,1-3H3,(H,24,25). The lowest BCUT2D eigenvalue weighted by atomic mass is 10.1. The Bertz CT molecular complexity index is 975. The van der Waals surface area contributed by atoms with Crippen molar-refractivity contribution >= 4 is 28.6 Å². The summed E-state index contributed by atoms with van der Waals surface area (Å²) >= 11 is 0. The molecule has 2 aromatic carbocycles. The number of nitrogens with zero attached hydrogens (tertiary/aromatic N) is 1. The molecule has 0 saturated carbocycles. The molecule has 1 heterocycles. The minimum Gasteiger partial charge on any atom is -0.493 e. The fraction of sp³-hybridized carbons (Fsp3) is 0.182. The average molecular weight is 362 g/mol. The Morgan fingerprint density at radius 1 is 1.11 bits per heavy atom. The zero-order valence-corrected chi connectivity index (χ0v) is 15.6. The number of carbonyl (C=O) groups excluding carboxylic acids is 1. The van der Waals surface area contributed by atoms with Crippen molar-refractivity contribution in [2.75, 3.05) is 12.4 Å². The van der Waals surface area contributed by atoms with E-state index in [1.54, 1.807) is 19.4 Å². The Hall–Kier alpha value is -3.34. The van der Waals surface area contributed by atoms with Crippen molar-refractivity contribution in [2.45, 2.75) is 20.0 Å². The summed E-state index contributed by atoms with van der Waals surface area (Å²) in [4.78, 5) is 16.7. The maximum absolute atomic E-state index is 12.3. The molecule has 0 unspecified atom stereocenters. The number of rotatable bonds is 6. The van der Waals surface area contributed by atoms with Gasteiger partial charge in [-0.05, 0) is 49.8 Å². The molecule has 5 nitrogen and oxygen atoms in total. The molecule has 0 saturated heterocycles. The first-order chi connectivity index (χ1) is 13.1. The maximum atomic E-state index is 12.3. The molecule has 0 bridgehead atoms. The zero-order chi connectivity index (χ0) is 19.2. The van der Waals surface area contributed by atoms with Gasteiger partial charge in [0, 0.05) is 17.7 Å². The fourth-order valence-electron chi connectivity index (χ4n) is 2.69. The van der Waals surface area contributed by atoms with Crippen molar-refractivity contribution in [3.8, 4) is 11.5 Å². The predicted octanol–water partition coefficient (Wildman–Crippen LogP) is 4.68. The van der Waals surface area contributed by atoms with Gasteiger partial charge in [-0.15, -0.1) is 0 Å². The summed E-state index contributed by atoms with van der Waals surface area (Å²) in [6.07, 6.45) is 4.98. The minimum absolute atomic E-state index is 0.0559. The van der Waals surface area contributed by atoms with Crippen LogP contribution in [0.4, 0.5) is 5.69 Å². The first kappa shape index (κ1) is 18.5. The fourth-order valence-corrected chi connectivity index (χ4v) is 2.69. The van der Waals surface area contributed by atoms with Crippen LogP contribution in [0.3, 0.4) is 0 Å². The monoisotopic (exact) mass is 362 g/mol. The molecule has 3 aromatic rings. The van der Waals surface area contributed by atoms with Crippen molar-refractivity contribution in [3.05, 3.63) is 66.4 Å². The average Bonchev–Trinajstić information content (AvgIpc) is 2.67. The second-order valence-corrected chi connectivity index (χ2v) is 6.28. The van der Waals surface area contributed by atoms with Crippen LogP contribution in [0.25, 0.3) is 17.0 Å². The number of ether oxygens (including phenoxy) is 2. The normalized spacial score (nSPS) is 11.1. The number of benzene rings is 2. The molecule has 0 aliphatic carbocycles. The van der Waals surface area contributed by atoms with E-state index in [0.29, 0.717) is 17.2 Å². The number of nitrogens with one attached hydrogen (secondary N) is 1. The van der Waals surface area contributed by atoms with Gasteiger partial charge in [0.05, 0.1) is 24.4 Å². The second kappa shape index (κ2) is 8.36. The second-order valence-electron chi connectivity index (χ2n) is 6.28. The van der Waals surface area contributed by atoms with E-state index in [0.717, 1.165) is 16.5 Å². The van der Waals surface area contributed by atoms with Crippen molar-refractivity contribution in [1.29, 1.82) is 0 Å². The molecule has 1 amide bonds. The quantitative estimate of drug-likeness (QED) is 0.647. The van der Waals surface area contributed by atoms with Crippen LogP contribution in [0.15, 0.2) is 60.8 Å². The summed E-state index contributed by atoms with van der Waals surface area (Å²) in [6.45, 7) is 3.92. The summed E-state index contributed by atoms with van der Waals surface area (Å²) in [5, 5.41) is 3.85. The highest BCUT2D eigenvalue weighted by molar-refractivity contribution is 6.06. The molecule has 0 aliphatic heterocycles. The van der Waals surface area contributed by atoms with Gasteiger partial charge in [-0.2, -0.15) is 0 Å². The van der Waals surface area contributed by atoms with Gasteiger partial charge in [0.25, 0.3) is 0 Å². The van der Waals surface area contributed by atoms with Crippen LogP contribution in [-0.2, 0) is 4.79 Å². The van der Waals surface area contributed by atoms with Gasteiger partial charge < -0.3 is 14.8 Å². The first-order valence-electron chi connectivity index (χ1n) is 8.74. The van der Waals surface area contributed by atoms with Crippen LogP contribution >= 0.6 is 0 Å². The van der Waals surface area contributed by atoms with Crippen LogP contribution in [0.5, 0.6) is 11.5 Å². The van der Waals surface area contributed by atoms with Gasteiger partial charge in [-0.3, -0.25) is 9.78 Å². The van der Waals surface area contributed by atoms with Crippen molar-refractivity contribution in [3.63, 3.8) is 0 Å². The van der Waals surface area contributed by atoms with Crippen molar-refractivity contribution < 1.29 is 14.3 Å². The maximum Gasteiger partial charge on any atom is 0.248 e. The molecule has 3 rings (SSSR count). The largest absolute Gasteiger partial charge is 0.493 e. The van der Waals surface area contributed by atoms with Crippen LogP contribution in [0.2, 0.25) is 0 Å². The van der Waals surface area contributed by atoms with E-state index in [-0.39, 0.29) is 12.0 Å². The Labute approximate surface area is 158 Å². The summed E-state index contributed by atoms with van der Waals surface area (Å²) < 4.78 is 11.1. The van der Waals surface area contributed by atoms with Crippen LogP contribution in [0.1, 0.15) is 19.4 Å². The third-order valence-electron chi connectivity index (χ3n) is 3.87. The van der Waals surface area contributed by atoms with Crippen LogP contribution in [0, 0.1) is 0 Å². The lowest BCUT2D eigenvalue weighted by Gasteiger charge is -2.13. The molecule has 0 radical (unpaired) electrons. The van der Waals surface area contributed by atoms with Gasteiger partial charge >= 0.3 is 0 Å². The molecule has 138 valence electrons. The lowest BCUT2D eigenvalue weighted by Crippen LogP contribution is -2.08. The van der Waals surface area contributed by atoms with E-state index < -0.39 is 0 Å². The minimum atomic E-state index is -0.227. The highest BCUT2D eigenvalue weighted by Crippen LogP contribution is 2.29. The summed E-state index contributed by atoms with van der Waals surface area (Å²) in [6, 6.07) is 15.1. The zero-order valence-electron chi connectivity index (χ0n) is 15.6. The van der Waals surface area contributed by atoms with Crippen LogP contribution < -0.4 is 14.8 Å². The molecule has 0 atom stereocenters. The van der Waals surface area contributed by atoms with E-state index in [2.05, 4.69) is 10.3 Å². The van der Waals surface area contributed by atoms with E-state index in [4.69, 9.17) is 9.47 Å². The van der Waals surface area contributed by atoms with Gasteiger partial charge in [-0.25, -0.2) is 0 Å². The number of amides is 1. The van der Waals surface area contributed by atoms with Gasteiger partial charge in [0.15, 0.2) is 11.5 Å². The lowest BCUT2D eigenvalue weighted by molar-refractivity contribution is -0.111. The topological polar surface area (TPSA) is 60.5 Å². The van der Waals surface area contributed by atoms with Crippen molar-refractivity contribution in [1.82, 2.24) is 4.98 Å². The molecular weight excluding hydrogens is 340 g/mol. The Balaban J connectivity index is 1.74. The number of anilines is 1. The number of methoxy groups -OCH3 is 1. The van der Waals surface area contributed by atoms with Gasteiger partial charge in [0.1, 0.15) is 0 Å². The molecular formula is C22H22N2O3. The highest BCUT2D eigenvalue weighted by Gasteiger charge is 2.07. The van der Waals surface area contributed by atoms with Gasteiger partial charge in [-0.1, -0.05) is 24.3 Å². The smallest absolute Gasteiger partial charge is 0.248 e. The molecule has 1 N–H and O–H groups in total. The SMILES string of the molecule is COc1cc(C=CC(=O)Nc2cccc3cccnc23)ccc1OC(C)C. The third-order valence-corrected chi connectivity index (χ3v) is 3.87. The Morgan fingerprint density at radius 3 is 2.70 bits per heavy atom. The summed E-state index contributed by atoms with van der Waals surface area (Å²) in [5.74, 6) is 1.08. The number of hydrogen-bond donors (Lipinski definition) is 1. The van der Waals surface area contributed by atoms with Crippen LogP contribution in [-0.4, -0.2) is 24.1 Å². The summed E-state index contributed by atoms with van der Waals surface area (Å²) in [7, 11) is 1.59.